The van der Waals surface area contributed by atoms with Crippen molar-refractivity contribution < 1.29 is 13.5 Å². The number of unbranched alkanes of at least 4 members (excludes halogenated alkanes) is 3. The molecule has 0 aliphatic carbocycles. The first-order valence-corrected chi connectivity index (χ1v) is 11.3. The SMILES string of the molecule is Fc1cc(F)cc(-c2nc(COCCCCCCC3CCCCNC3)cs2)c1. The highest BCUT2D eigenvalue weighted by Gasteiger charge is 2.11. The number of hydrogen-bond acceptors (Lipinski definition) is 4. The van der Waals surface area contributed by atoms with E-state index in [1.165, 1.54) is 81.5 Å². The molecule has 0 spiro atoms. The van der Waals surface area contributed by atoms with Gasteiger partial charge in [-0.25, -0.2) is 13.8 Å². The Kier molecular flexibility index (Phi) is 8.83. The molecular formula is C22H30F2N2OS. The minimum atomic E-state index is -0.585. The number of nitrogens with one attached hydrogen (secondary N) is 1. The molecule has 3 rings (SSSR count). The lowest BCUT2D eigenvalue weighted by Gasteiger charge is -2.13. The second kappa shape index (κ2) is 11.6. The van der Waals surface area contributed by atoms with Crippen LogP contribution < -0.4 is 5.32 Å². The smallest absolute Gasteiger partial charge is 0.126 e. The van der Waals surface area contributed by atoms with Crippen molar-refractivity contribution in [2.24, 2.45) is 5.92 Å². The van der Waals surface area contributed by atoms with Gasteiger partial charge in [0, 0.05) is 23.6 Å². The summed E-state index contributed by atoms with van der Waals surface area (Å²) in [5.41, 5.74) is 1.28. The molecule has 1 aromatic carbocycles. The lowest BCUT2D eigenvalue weighted by Crippen LogP contribution is -2.20. The quantitative estimate of drug-likeness (QED) is 0.494. The van der Waals surface area contributed by atoms with E-state index in [0.717, 1.165) is 30.7 Å². The van der Waals surface area contributed by atoms with E-state index in [4.69, 9.17) is 4.74 Å². The normalized spacial score (nSPS) is 17.6. The molecule has 1 aromatic heterocycles. The lowest BCUT2D eigenvalue weighted by atomic mass is 9.96. The Balaban J connectivity index is 1.27. The third-order valence-corrected chi connectivity index (χ3v) is 6.15. The van der Waals surface area contributed by atoms with Crippen LogP contribution in [0.25, 0.3) is 10.6 Å². The highest BCUT2D eigenvalue weighted by atomic mass is 32.1. The zero-order valence-corrected chi connectivity index (χ0v) is 17.2. The van der Waals surface area contributed by atoms with E-state index in [2.05, 4.69) is 10.3 Å². The number of halogens is 2. The van der Waals surface area contributed by atoms with E-state index in [1.54, 1.807) is 0 Å². The number of aromatic nitrogens is 1. The zero-order valence-electron chi connectivity index (χ0n) is 16.4. The van der Waals surface area contributed by atoms with Crippen LogP contribution in [0.2, 0.25) is 0 Å². The van der Waals surface area contributed by atoms with Crippen LogP contribution in [0.5, 0.6) is 0 Å². The maximum absolute atomic E-state index is 13.3. The lowest BCUT2D eigenvalue weighted by molar-refractivity contribution is 0.114. The van der Waals surface area contributed by atoms with Crippen LogP contribution in [0.15, 0.2) is 23.6 Å². The van der Waals surface area contributed by atoms with Gasteiger partial charge < -0.3 is 10.1 Å². The first-order valence-electron chi connectivity index (χ1n) is 10.4. The average molecular weight is 409 g/mol. The maximum atomic E-state index is 13.3. The van der Waals surface area contributed by atoms with Gasteiger partial charge in [-0.3, -0.25) is 0 Å². The molecule has 1 aliphatic heterocycles. The van der Waals surface area contributed by atoms with Crippen molar-refractivity contribution >= 4 is 11.3 Å². The second-order valence-electron chi connectivity index (χ2n) is 7.62. The maximum Gasteiger partial charge on any atom is 0.126 e. The molecule has 0 bridgehead atoms. The predicted octanol–water partition coefficient (Wildman–Crippen LogP) is 5.95. The molecule has 0 saturated carbocycles. The van der Waals surface area contributed by atoms with E-state index < -0.39 is 11.6 Å². The summed E-state index contributed by atoms with van der Waals surface area (Å²) in [7, 11) is 0. The molecule has 1 fully saturated rings. The van der Waals surface area contributed by atoms with Gasteiger partial charge in [0.15, 0.2) is 0 Å². The second-order valence-corrected chi connectivity index (χ2v) is 8.48. The van der Waals surface area contributed by atoms with E-state index in [-0.39, 0.29) is 0 Å². The number of nitrogens with zero attached hydrogens (tertiary/aromatic N) is 1. The van der Waals surface area contributed by atoms with Gasteiger partial charge in [0.1, 0.15) is 16.6 Å². The standard InChI is InChI=1S/C22H30F2N2OS/c23-19-11-18(12-20(24)13-19)22-26-21(16-28-22)15-27-10-6-2-1-3-7-17-8-4-5-9-25-14-17/h11-13,16-17,25H,1-10,14-15H2. The van der Waals surface area contributed by atoms with Crippen LogP contribution >= 0.6 is 11.3 Å². The Morgan fingerprint density at radius 1 is 1.07 bits per heavy atom. The zero-order chi connectivity index (χ0) is 19.6. The van der Waals surface area contributed by atoms with Gasteiger partial charge in [0.2, 0.25) is 0 Å². The minimum Gasteiger partial charge on any atom is -0.375 e. The number of hydrogen-bond donors (Lipinski definition) is 1. The molecule has 0 amide bonds. The van der Waals surface area contributed by atoms with Crippen molar-refractivity contribution in [2.75, 3.05) is 19.7 Å². The summed E-state index contributed by atoms with van der Waals surface area (Å²) < 4.78 is 32.4. The van der Waals surface area contributed by atoms with E-state index in [1.807, 2.05) is 5.38 Å². The van der Waals surface area contributed by atoms with Crippen molar-refractivity contribution in [3.63, 3.8) is 0 Å². The fourth-order valence-electron chi connectivity index (χ4n) is 3.69. The van der Waals surface area contributed by atoms with Crippen molar-refractivity contribution in [1.82, 2.24) is 10.3 Å². The average Bonchev–Trinajstić information content (AvgIpc) is 2.99. The first-order chi connectivity index (χ1) is 13.7. The number of ether oxygens (including phenoxy) is 1. The molecule has 0 radical (unpaired) electrons. The topological polar surface area (TPSA) is 34.1 Å². The van der Waals surface area contributed by atoms with Crippen LogP contribution in [0.3, 0.4) is 0 Å². The Labute approximate surface area is 170 Å². The van der Waals surface area contributed by atoms with Crippen LogP contribution in [-0.4, -0.2) is 24.7 Å². The van der Waals surface area contributed by atoms with Crippen LogP contribution in [0.1, 0.15) is 57.1 Å². The van der Waals surface area contributed by atoms with Gasteiger partial charge in [-0.05, 0) is 56.8 Å². The molecule has 2 aromatic rings. The van der Waals surface area contributed by atoms with Gasteiger partial charge in [-0.15, -0.1) is 11.3 Å². The highest BCUT2D eigenvalue weighted by molar-refractivity contribution is 7.13. The van der Waals surface area contributed by atoms with Crippen LogP contribution in [0.4, 0.5) is 8.78 Å². The van der Waals surface area contributed by atoms with Crippen LogP contribution in [0, 0.1) is 17.6 Å². The summed E-state index contributed by atoms with van der Waals surface area (Å²) in [5, 5.41) is 6.04. The van der Waals surface area contributed by atoms with E-state index in [0.29, 0.717) is 17.2 Å². The van der Waals surface area contributed by atoms with Gasteiger partial charge in [-0.1, -0.05) is 25.7 Å². The molecule has 1 saturated heterocycles. The summed E-state index contributed by atoms with van der Waals surface area (Å²) in [6, 6.07) is 3.48. The minimum absolute atomic E-state index is 0.446. The van der Waals surface area contributed by atoms with Crippen molar-refractivity contribution in [3.05, 3.63) is 40.9 Å². The van der Waals surface area contributed by atoms with Crippen molar-refractivity contribution in [3.8, 4) is 10.6 Å². The van der Waals surface area contributed by atoms with E-state index in [9.17, 15) is 8.78 Å². The first kappa shape index (κ1) is 21.3. The number of thiazole rings is 1. The molecule has 1 N–H and O–H groups in total. The number of rotatable bonds is 10. The van der Waals surface area contributed by atoms with Crippen LogP contribution in [-0.2, 0) is 11.3 Å². The van der Waals surface area contributed by atoms with Gasteiger partial charge >= 0.3 is 0 Å². The van der Waals surface area contributed by atoms with Gasteiger partial charge in [0.25, 0.3) is 0 Å². The number of benzene rings is 1. The molecule has 154 valence electrons. The predicted molar refractivity (Wildman–Crippen MR) is 110 cm³/mol. The van der Waals surface area contributed by atoms with E-state index >= 15 is 0 Å². The fraction of sp³-hybridized carbons (Fsp3) is 0.591. The highest BCUT2D eigenvalue weighted by Crippen LogP contribution is 2.25. The Bertz CT molecular complexity index is 694. The monoisotopic (exact) mass is 408 g/mol. The third kappa shape index (κ3) is 7.22. The van der Waals surface area contributed by atoms with Crippen molar-refractivity contribution in [1.29, 1.82) is 0 Å². The third-order valence-electron chi connectivity index (χ3n) is 5.21. The Morgan fingerprint density at radius 3 is 2.75 bits per heavy atom. The molecular weight excluding hydrogens is 378 g/mol. The van der Waals surface area contributed by atoms with Crippen molar-refractivity contribution in [2.45, 2.75) is 58.0 Å². The molecule has 1 atom stereocenters. The molecule has 3 nitrogen and oxygen atoms in total. The Morgan fingerprint density at radius 2 is 1.89 bits per heavy atom. The molecule has 6 heteroatoms. The largest absolute Gasteiger partial charge is 0.375 e. The summed E-state index contributed by atoms with van der Waals surface area (Å²) >= 11 is 1.38. The molecule has 28 heavy (non-hydrogen) atoms. The molecule has 2 heterocycles. The fourth-order valence-corrected chi connectivity index (χ4v) is 4.48. The summed E-state index contributed by atoms with van der Waals surface area (Å²) in [5.74, 6) is -0.305. The van der Waals surface area contributed by atoms with Gasteiger partial charge in [-0.2, -0.15) is 0 Å². The molecule has 1 unspecified atom stereocenters. The summed E-state index contributed by atoms with van der Waals surface area (Å²) in [6.07, 6.45) is 10.3. The molecule has 1 aliphatic rings. The summed E-state index contributed by atoms with van der Waals surface area (Å²) in [4.78, 5) is 4.42. The Hall–Kier alpha value is -1.37. The summed E-state index contributed by atoms with van der Waals surface area (Å²) in [6.45, 7) is 3.56. The van der Waals surface area contributed by atoms with Gasteiger partial charge in [0.05, 0.1) is 12.3 Å².